The second-order valence-corrected chi connectivity index (χ2v) is 8.14. The number of carbonyl (C=O) groups excluding carboxylic acids is 1. The summed E-state index contributed by atoms with van der Waals surface area (Å²) in [6.07, 6.45) is 0. The SMILES string of the molecule is Cc1ccccc1-n1nnnc1SCC(=O)Nc1cc(Cl)ccc1N1CCOCC1. The second-order valence-electron chi connectivity index (χ2n) is 6.76. The molecule has 0 saturated carbocycles. The molecule has 4 rings (SSSR count). The van der Waals surface area contributed by atoms with Crippen LogP contribution >= 0.6 is 23.4 Å². The number of hydrogen-bond donors (Lipinski definition) is 1. The second kappa shape index (κ2) is 9.46. The lowest BCUT2D eigenvalue weighted by Crippen LogP contribution is -2.36. The Hall–Kier alpha value is -2.62. The minimum atomic E-state index is -0.156. The molecule has 1 fully saturated rings. The molecule has 1 N–H and O–H groups in total. The van der Waals surface area contributed by atoms with Crippen LogP contribution in [0.25, 0.3) is 5.69 Å². The van der Waals surface area contributed by atoms with E-state index in [1.807, 2.05) is 43.3 Å². The van der Waals surface area contributed by atoms with Crippen molar-refractivity contribution >= 4 is 40.6 Å². The van der Waals surface area contributed by atoms with Gasteiger partial charge in [-0.05, 0) is 47.2 Å². The maximum atomic E-state index is 12.7. The minimum absolute atomic E-state index is 0.156. The smallest absolute Gasteiger partial charge is 0.234 e. The van der Waals surface area contributed by atoms with Crippen LogP contribution in [0.1, 0.15) is 5.56 Å². The highest BCUT2D eigenvalue weighted by Crippen LogP contribution is 2.30. The van der Waals surface area contributed by atoms with Gasteiger partial charge in [0.25, 0.3) is 0 Å². The Labute approximate surface area is 183 Å². The number of aromatic nitrogens is 4. The van der Waals surface area contributed by atoms with Crippen molar-refractivity contribution in [3.8, 4) is 5.69 Å². The van der Waals surface area contributed by atoms with Crippen LogP contribution in [0.2, 0.25) is 5.02 Å². The molecular weight excluding hydrogens is 424 g/mol. The Bertz CT molecular complexity index is 1040. The molecular formula is C20H21ClN6O2S. The van der Waals surface area contributed by atoms with Gasteiger partial charge in [0, 0.05) is 18.1 Å². The van der Waals surface area contributed by atoms with Gasteiger partial charge in [0.05, 0.1) is 36.0 Å². The Morgan fingerprint density at radius 1 is 1.20 bits per heavy atom. The number of carbonyl (C=O) groups is 1. The van der Waals surface area contributed by atoms with Gasteiger partial charge in [0.2, 0.25) is 11.1 Å². The number of nitrogens with zero attached hydrogens (tertiary/aromatic N) is 5. The van der Waals surface area contributed by atoms with E-state index in [0.717, 1.165) is 30.0 Å². The topological polar surface area (TPSA) is 85.2 Å². The average Bonchev–Trinajstić information content (AvgIpc) is 3.22. The molecule has 1 aliphatic heterocycles. The van der Waals surface area contributed by atoms with Crippen LogP contribution in [-0.4, -0.2) is 58.2 Å². The Balaban J connectivity index is 1.45. The molecule has 10 heteroatoms. The third kappa shape index (κ3) is 4.75. The average molecular weight is 445 g/mol. The molecule has 156 valence electrons. The van der Waals surface area contributed by atoms with Gasteiger partial charge in [0.1, 0.15) is 0 Å². The van der Waals surface area contributed by atoms with Crippen LogP contribution < -0.4 is 10.2 Å². The summed E-state index contributed by atoms with van der Waals surface area (Å²) in [5.74, 6) is 0.0116. The summed E-state index contributed by atoms with van der Waals surface area (Å²) < 4.78 is 7.07. The zero-order valence-electron chi connectivity index (χ0n) is 16.4. The summed E-state index contributed by atoms with van der Waals surface area (Å²) >= 11 is 7.45. The number of morpholine rings is 1. The van der Waals surface area contributed by atoms with Crippen LogP contribution in [0, 0.1) is 6.92 Å². The fourth-order valence-corrected chi connectivity index (χ4v) is 4.08. The lowest BCUT2D eigenvalue weighted by molar-refractivity contribution is -0.113. The van der Waals surface area contributed by atoms with Gasteiger partial charge in [-0.1, -0.05) is 41.6 Å². The van der Waals surface area contributed by atoms with E-state index in [0.29, 0.717) is 29.1 Å². The van der Waals surface area contributed by atoms with Crippen molar-refractivity contribution in [2.75, 3.05) is 42.3 Å². The zero-order chi connectivity index (χ0) is 20.9. The third-order valence-electron chi connectivity index (χ3n) is 4.70. The van der Waals surface area contributed by atoms with Crippen LogP contribution in [-0.2, 0) is 9.53 Å². The van der Waals surface area contributed by atoms with E-state index in [9.17, 15) is 4.79 Å². The Kier molecular flexibility index (Phi) is 6.51. The van der Waals surface area contributed by atoms with E-state index in [1.54, 1.807) is 10.7 Å². The minimum Gasteiger partial charge on any atom is -0.378 e. The monoisotopic (exact) mass is 444 g/mol. The van der Waals surface area contributed by atoms with Gasteiger partial charge in [0.15, 0.2) is 0 Å². The number of tetrazole rings is 1. The maximum absolute atomic E-state index is 12.7. The number of para-hydroxylation sites is 1. The molecule has 0 spiro atoms. The summed E-state index contributed by atoms with van der Waals surface area (Å²) in [4.78, 5) is 14.9. The molecule has 0 atom stereocenters. The molecule has 1 aliphatic rings. The van der Waals surface area contributed by atoms with E-state index >= 15 is 0 Å². The summed E-state index contributed by atoms with van der Waals surface area (Å²) in [7, 11) is 0. The van der Waals surface area contributed by atoms with Crippen LogP contribution in [0.3, 0.4) is 0 Å². The first-order chi connectivity index (χ1) is 14.6. The fraction of sp³-hybridized carbons (Fsp3) is 0.300. The van der Waals surface area contributed by atoms with E-state index < -0.39 is 0 Å². The predicted octanol–water partition coefficient (Wildman–Crippen LogP) is 3.19. The quantitative estimate of drug-likeness (QED) is 0.584. The van der Waals surface area contributed by atoms with Gasteiger partial charge in [-0.15, -0.1) is 5.10 Å². The molecule has 2 heterocycles. The number of ether oxygens (including phenoxy) is 1. The van der Waals surface area contributed by atoms with Crippen molar-refractivity contribution in [2.45, 2.75) is 12.1 Å². The maximum Gasteiger partial charge on any atom is 0.234 e. The summed E-state index contributed by atoms with van der Waals surface area (Å²) in [5.41, 5.74) is 3.55. The van der Waals surface area contributed by atoms with Crippen LogP contribution in [0.5, 0.6) is 0 Å². The zero-order valence-corrected chi connectivity index (χ0v) is 18.0. The van der Waals surface area contributed by atoms with Gasteiger partial charge in [-0.2, -0.15) is 4.68 Å². The molecule has 1 amide bonds. The molecule has 0 bridgehead atoms. The highest BCUT2D eigenvalue weighted by atomic mass is 35.5. The predicted molar refractivity (Wildman–Crippen MR) is 118 cm³/mol. The van der Waals surface area contributed by atoms with Gasteiger partial charge in [-0.25, -0.2) is 0 Å². The molecule has 2 aromatic carbocycles. The number of nitrogens with one attached hydrogen (secondary N) is 1. The van der Waals surface area contributed by atoms with Crippen molar-refractivity contribution in [1.29, 1.82) is 0 Å². The summed E-state index contributed by atoms with van der Waals surface area (Å²) in [5, 5.41) is 16.0. The number of aryl methyl sites for hydroxylation is 1. The number of rotatable bonds is 6. The number of benzene rings is 2. The molecule has 1 aromatic heterocycles. The largest absolute Gasteiger partial charge is 0.378 e. The Morgan fingerprint density at radius 3 is 2.80 bits per heavy atom. The normalized spacial score (nSPS) is 14.0. The summed E-state index contributed by atoms with van der Waals surface area (Å²) in [6, 6.07) is 13.3. The van der Waals surface area contributed by atoms with Crippen molar-refractivity contribution in [2.24, 2.45) is 0 Å². The van der Waals surface area contributed by atoms with E-state index in [2.05, 4.69) is 25.7 Å². The number of amides is 1. The first-order valence-electron chi connectivity index (χ1n) is 9.51. The number of hydrogen-bond acceptors (Lipinski definition) is 7. The van der Waals surface area contributed by atoms with E-state index in [-0.39, 0.29) is 11.7 Å². The first kappa shape index (κ1) is 20.6. The fourth-order valence-electron chi connectivity index (χ4n) is 3.23. The van der Waals surface area contributed by atoms with Gasteiger partial charge < -0.3 is 15.0 Å². The summed E-state index contributed by atoms with van der Waals surface area (Å²) in [6.45, 7) is 4.85. The molecule has 0 unspecified atom stereocenters. The third-order valence-corrected chi connectivity index (χ3v) is 5.86. The van der Waals surface area contributed by atoms with E-state index in [4.69, 9.17) is 16.3 Å². The first-order valence-corrected chi connectivity index (χ1v) is 10.9. The molecule has 3 aromatic rings. The number of thioether (sulfide) groups is 1. The molecule has 1 saturated heterocycles. The van der Waals surface area contributed by atoms with Crippen molar-refractivity contribution in [3.63, 3.8) is 0 Å². The van der Waals surface area contributed by atoms with Crippen molar-refractivity contribution in [3.05, 3.63) is 53.1 Å². The van der Waals surface area contributed by atoms with Crippen LogP contribution in [0.4, 0.5) is 11.4 Å². The number of halogens is 1. The molecule has 0 aliphatic carbocycles. The Morgan fingerprint density at radius 2 is 2.00 bits per heavy atom. The molecule has 30 heavy (non-hydrogen) atoms. The highest BCUT2D eigenvalue weighted by Gasteiger charge is 2.18. The standard InChI is InChI=1S/C20H21ClN6O2S/c1-14-4-2-3-5-17(14)27-20(23-24-25-27)30-13-19(28)22-16-12-15(21)6-7-18(16)26-8-10-29-11-9-26/h2-7,12H,8-11,13H2,1H3,(H,22,28). The van der Waals surface area contributed by atoms with Crippen molar-refractivity contribution in [1.82, 2.24) is 20.2 Å². The van der Waals surface area contributed by atoms with Crippen LogP contribution in [0.15, 0.2) is 47.6 Å². The number of anilines is 2. The van der Waals surface area contributed by atoms with Gasteiger partial charge in [-0.3, -0.25) is 4.79 Å². The van der Waals surface area contributed by atoms with E-state index in [1.165, 1.54) is 11.8 Å². The van der Waals surface area contributed by atoms with Crippen molar-refractivity contribution < 1.29 is 9.53 Å². The molecule has 8 nitrogen and oxygen atoms in total. The molecule has 0 radical (unpaired) electrons. The van der Waals surface area contributed by atoms with Gasteiger partial charge >= 0.3 is 0 Å². The highest BCUT2D eigenvalue weighted by molar-refractivity contribution is 7.99. The lowest BCUT2D eigenvalue weighted by atomic mass is 10.2. The lowest BCUT2D eigenvalue weighted by Gasteiger charge is -2.30.